The van der Waals surface area contributed by atoms with E-state index in [-0.39, 0.29) is 11.1 Å². The van der Waals surface area contributed by atoms with Crippen molar-refractivity contribution >= 4 is 18.3 Å². The molecule has 0 atom stereocenters. The van der Waals surface area contributed by atoms with Crippen LogP contribution in [0.25, 0.3) is 6.08 Å². The molecule has 96 valence electrons. The standard InChI is InChI=1S/C11H7F3O4/c12-8-4-6(5-15)3-7(1-2-9(16)17)10(8)18-11(13)14/h1-5,11H,(H,16,17)/b2-1+. The Balaban J connectivity index is 3.28. The second-order valence-corrected chi connectivity index (χ2v) is 3.09. The highest BCUT2D eigenvalue weighted by Crippen LogP contribution is 2.27. The molecule has 1 rings (SSSR count). The van der Waals surface area contributed by atoms with Crippen LogP contribution < -0.4 is 4.74 Å². The number of carbonyl (C=O) groups is 2. The highest BCUT2D eigenvalue weighted by molar-refractivity contribution is 5.87. The number of carboxylic acids is 1. The number of hydrogen-bond acceptors (Lipinski definition) is 3. The molecule has 0 aliphatic heterocycles. The van der Waals surface area contributed by atoms with Gasteiger partial charge in [-0.05, 0) is 18.2 Å². The first-order valence-electron chi connectivity index (χ1n) is 4.58. The summed E-state index contributed by atoms with van der Waals surface area (Å²) in [6.45, 7) is -3.27. The topological polar surface area (TPSA) is 63.6 Å². The van der Waals surface area contributed by atoms with Crippen molar-refractivity contribution in [1.29, 1.82) is 0 Å². The molecule has 0 saturated heterocycles. The quantitative estimate of drug-likeness (QED) is 0.652. The summed E-state index contributed by atoms with van der Waals surface area (Å²) in [6.07, 6.45) is 1.77. The van der Waals surface area contributed by atoms with E-state index in [2.05, 4.69) is 4.74 Å². The zero-order chi connectivity index (χ0) is 13.7. The van der Waals surface area contributed by atoms with E-state index in [1.807, 2.05) is 0 Å². The summed E-state index contributed by atoms with van der Waals surface area (Å²) in [5.74, 6) is -3.34. The Kier molecular flexibility index (Phi) is 4.47. The Morgan fingerprint density at radius 3 is 2.56 bits per heavy atom. The van der Waals surface area contributed by atoms with Crippen molar-refractivity contribution in [2.24, 2.45) is 0 Å². The van der Waals surface area contributed by atoms with Crippen molar-refractivity contribution in [3.63, 3.8) is 0 Å². The predicted molar refractivity (Wildman–Crippen MR) is 55.1 cm³/mol. The molecular weight excluding hydrogens is 253 g/mol. The van der Waals surface area contributed by atoms with Crippen LogP contribution in [0.15, 0.2) is 18.2 Å². The zero-order valence-corrected chi connectivity index (χ0v) is 8.77. The maximum atomic E-state index is 13.4. The lowest BCUT2D eigenvalue weighted by atomic mass is 10.1. The molecule has 0 unspecified atom stereocenters. The predicted octanol–water partition coefficient (Wildman–Crippen LogP) is 2.34. The average molecular weight is 260 g/mol. The van der Waals surface area contributed by atoms with Crippen LogP contribution in [-0.2, 0) is 4.79 Å². The summed E-state index contributed by atoms with van der Waals surface area (Å²) in [5, 5.41) is 8.40. The maximum absolute atomic E-state index is 13.4. The van der Waals surface area contributed by atoms with E-state index in [9.17, 15) is 22.8 Å². The number of carbonyl (C=O) groups excluding carboxylic acids is 1. The Morgan fingerprint density at radius 2 is 2.06 bits per heavy atom. The van der Waals surface area contributed by atoms with Crippen LogP contribution in [0.1, 0.15) is 15.9 Å². The molecule has 0 radical (unpaired) electrons. The van der Waals surface area contributed by atoms with E-state index in [0.717, 1.165) is 12.1 Å². The van der Waals surface area contributed by atoms with Crippen molar-refractivity contribution in [2.45, 2.75) is 6.61 Å². The van der Waals surface area contributed by atoms with Crippen molar-refractivity contribution in [2.75, 3.05) is 0 Å². The first-order valence-corrected chi connectivity index (χ1v) is 4.58. The summed E-state index contributed by atoms with van der Waals surface area (Å²) in [4.78, 5) is 20.8. The summed E-state index contributed by atoms with van der Waals surface area (Å²) >= 11 is 0. The van der Waals surface area contributed by atoms with Gasteiger partial charge in [-0.15, -0.1) is 0 Å². The van der Waals surface area contributed by atoms with Crippen molar-refractivity contribution < 1.29 is 32.6 Å². The SMILES string of the molecule is O=Cc1cc(F)c(OC(F)F)c(/C=C/C(=O)O)c1. The molecule has 1 aromatic rings. The van der Waals surface area contributed by atoms with E-state index >= 15 is 0 Å². The average Bonchev–Trinajstić information content (AvgIpc) is 2.29. The highest BCUT2D eigenvalue weighted by atomic mass is 19.3. The molecule has 1 N–H and O–H groups in total. The molecule has 0 amide bonds. The zero-order valence-electron chi connectivity index (χ0n) is 8.77. The van der Waals surface area contributed by atoms with Crippen LogP contribution >= 0.6 is 0 Å². The van der Waals surface area contributed by atoms with Gasteiger partial charge in [0.1, 0.15) is 6.29 Å². The summed E-state index contributed by atoms with van der Waals surface area (Å²) in [6, 6.07) is 1.75. The monoisotopic (exact) mass is 260 g/mol. The first kappa shape index (κ1) is 13.8. The Morgan fingerprint density at radius 1 is 1.39 bits per heavy atom. The number of carboxylic acid groups (broad SMARTS) is 1. The van der Waals surface area contributed by atoms with Gasteiger partial charge in [-0.25, -0.2) is 9.18 Å². The fourth-order valence-electron chi connectivity index (χ4n) is 1.20. The summed E-state index contributed by atoms with van der Waals surface area (Å²) < 4.78 is 41.4. The maximum Gasteiger partial charge on any atom is 0.387 e. The van der Waals surface area contributed by atoms with Gasteiger partial charge < -0.3 is 9.84 Å². The van der Waals surface area contributed by atoms with E-state index < -0.39 is 24.1 Å². The third-order valence-electron chi connectivity index (χ3n) is 1.84. The van der Waals surface area contributed by atoms with E-state index in [1.54, 1.807) is 0 Å². The third-order valence-corrected chi connectivity index (χ3v) is 1.84. The number of ether oxygens (including phenoxy) is 1. The molecule has 0 fully saturated rings. The fourth-order valence-corrected chi connectivity index (χ4v) is 1.20. The van der Waals surface area contributed by atoms with Gasteiger partial charge in [-0.3, -0.25) is 4.79 Å². The van der Waals surface area contributed by atoms with Gasteiger partial charge in [-0.2, -0.15) is 8.78 Å². The number of rotatable bonds is 5. The van der Waals surface area contributed by atoms with E-state index in [4.69, 9.17) is 5.11 Å². The van der Waals surface area contributed by atoms with Gasteiger partial charge in [0.15, 0.2) is 11.6 Å². The highest BCUT2D eigenvalue weighted by Gasteiger charge is 2.15. The minimum Gasteiger partial charge on any atom is -0.478 e. The van der Waals surface area contributed by atoms with E-state index in [0.29, 0.717) is 18.4 Å². The molecule has 0 bridgehead atoms. The van der Waals surface area contributed by atoms with Gasteiger partial charge >= 0.3 is 12.6 Å². The number of halogens is 3. The molecule has 18 heavy (non-hydrogen) atoms. The van der Waals surface area contributed by atoms with Crippen molar-refractivity contribution in [3.05, 3.63) is 35.2 Å². The van der Waals surface area contributed by atoms with Crippen LogP contribution in [0.5, 0.6) is 5.75 Å². The molecule has 0 spiro atoms. The minimum atomic E-state index is -3.27. The molecule has 0 saturated carbocycles. The minimum absolute atomic E-state index is 0.126. The largest absolute Gasteiger partial charge is 0.478 e. The molecule has 7 heteroatoms. The van der Waals surface area contributed by atoms with Crippen molar-refractivity contribution in [1.82, 2.24) is 0 Å². The lowest BCUT2D eigenvalue weighted by Gasteiger charge is -2.09. The molecule has 4 nitrogen and oxygen atoms in total. The summed E-state index contributed by atoms with van der Waals surface area (Å²) in [7, 11) is 0. The lowest BCUT2D eigenvalue weighted by Crippen LogP contribution is -2.06. The lowest BCUT2D eigenvalue weighted by molar-refractivity contribution is -0.131. The van der Waals surface area contributed by atoms with Gasteiger partial charge in [0.05, 0.1) is 0 Å². The normalized spacial score (nSPS) is 10.9. The molecular formula is C11H7F3O4. The second kappa shape index (κ2) is 5.85. The van der Waals surface area contributed by atoms with Gasteiger partial charge in [-0.1, -0.05) is 0 Å². The number of benzene rings is 1. The number of alkyl halides is 2. The Bertz CT molecular complexity index is 497. The summed E-state index contributed by atoms with van der Waals surface area (Å²) in [5.41, 5.74) is -0.390. The molecule has 0 aliphatic carbocycles. The molecule has 1 aromatic carbocycles. The van der Waals surface area contributed by atoms with E-state index in [1.165, 1.54) is 0 Å². The van der Waals surface area contributed by atoms with Crippen molar-refractivity contribution in [3.8, 4) is 5.75 Å². The first-order chi connectivity index (χ1) is 8.43. The Labute approximate surface area is 99.3 Å². The number of aldehydes is 1. The molecule has 0 aromatic heterocycles. The van der Waals surface area contributed by atoms with Gasteiger partial charge in [0.2, 0.25) is 0 Å². The third kappa shape index (κ3) is 3.62. The van der Waals surface area contributed by atoms with Gasteiger partial charge in [0.25, 0.3) is 0 Å². The van der Waals surface area contributed by atoms with Crippen LogP contribution in [0, 0.1) is 5.82 Å². The smallest absolute Gasteiger partial charge is 0.387 e. The molecule has 0 aliphatic rings. The second-order valence-electron chi connectivity index (χ2n) is 3.09. The van der Waals surface area contributed by atoms with Crippen LogP contribution in [0.4, 0.5) is 13.2 Å². The number of aliphatic carboxylic acids is 1. The van der Waals surface area contributed by atoms with Crippen LogP contribution in [0.3, 0.4) is 0 Å². The fraction of sp³-hybridized carbons (Fsp3) is 0.0909. The van der Waals surface area contributed by atoms with Crippen LogP contribution in [-0.4, -0.2) is 24.0 Å². The Hall–Kier alpha value is -2.31. The number of hydrogen-bond donors (Lipinski definition) is 1. The van der Waals surface area contributed by atoms with Gasteiger partial charge in [0, 0.05) is 17.2 Å². The molecule has 0 heterocycles. The van der Waals surface area contributed by atoms with Crippen LogP contribution in [0.2, 0.25) is 0 Å².